The van der Waals surface area contributed by atoms with E-state index in [1.54, 1.807) is 0 Å². The second-order valence-corrected chi connectivity index (χ2v) is 16.3. The summed E-state index contributed by atoms with van der Waals surface area (Å²) in [6.07, 6.45) is 10.2. The topological polar surface area (TPSA) is 423 Å². The van der Waals surface area contributed by atoms with E-state index < -0.39 is 83.7 Å². The monoisotopic (exact) mass is 924 g/mol. The van der Waals surface area contributed by atoms with E-state index in [0.717, 1.165) is 0 Å². The van der Waals surface area contributed by atoms with Crippen LogP contribution in [0.2, 0.25) is 0 Å². The number of nitrogens with two attached hydrogens (primary N) is 7. The van der Waals surface area contributed by atoms with Crippen LogP contribution in [0.1, 0.15) is 121 Å². The Labute approximate surface area is 383 Å². The summed E-state index contributed by atoms with van der Waals surface area (Å²) in [5.41, 5.74) is 40.7. The third-order valence-corrected chi connectivity index (χ3v) is 10.8. The van der Waals surface area contributed by atoms with Crippen LogP contribution in [0.15, 0.2) is 12.5 Å². The molecular weight excluding hydrogens is 843 g/mol. The number of rotatable bonds is 39. The minimum Gasteiger partial charge on any atom is -0.480 e. The van der Waals surface area contributed by atoms with Crippen molar-refractivity contribution < 1.29 is 38.7 Å². The molecule has 23 heteroatoms. The molecule has 0 aliphatic heterocycles. The van der Waals surface area contributed by atoms with E-state index in [1.807, 2.05) is 0 Å². The highest BCUT2D eigenvalue weighted by molar-refractivity contribution is 5.97. The Bertz CT molecular complexity index is 1520. The smallest absolute Gasteiger partial charge is 0.326 e. The number of nitrogens with one attached hydrogen (secondary N) is 7. The molecule has 0 saturated carbocycles. The second-order valence-electron chi connectivity index (χ2n) is 16.3. The fraction of sp³-hybridized carbons (Fsp3) is 0.762. The highest BCUT2D eigenvalue weighted by atomic mass is 16.4. The third-order valence-electron chi connectivity index (χ3n) is 10.8. The Kier molecular flexibility index (Phi) is 31.8. The zero-order valence-corrected chi connectivity index (χ0v) is 38.2. The minimum absolute atomic E-state index is 0.0790. The van der Waals surface area contributed by atoms with Gasteiger partial charge in [-0.25, -0.2) is 9.78 Å². The molecule has 0 aliphatic rings. The van der Waals surface area contributed by atoms with Gasteiger partial charge in [-0.05, 0) is 148 Å². The number of aromatic amines is 1. The predicted octanol–water partition coefficient (Wildman–Crippen LogP) is -2.95. The van der Waals surface area contributed by atoms with E-state index in [1.165, 1.54) is 12.5 Å². The molecule has 6 amide bonds. The lowest BCUT2D eigenvalue weighted by Crippen LogP contribution is -2.60. The van der Waals surface area contributed by atoms with Crippen LogP contribution in [0.5, 0.6) is 0 Å². The standard InChI is InChI=1S/C42H81N15O8/c43-19-7-1-13-29(49)36(58)52-30(14-2-8-20-44)37(59)53-31(15-3-9-21-45)38(60)54-32(16-4-10-22-46)39(61)55-33(17-5-11-23-47)40(62)57-35(25-28-26-50-27-51-28)41(63)56-34(42(64)65)18-6-12-24-48/h26-27,29-35H,1-25,43-49H2,(H,50,51)(H,52,58)(H,53,59)(H,54,60)(H,55,61)(H,56,63)(H,57,62)(H,64,65)/t29-,30-,31-,32-,33-,34-,35-/m0/s1. The number of hydrogen-bond donors (Lipinski definition) is 15. The Morgan fingerprint density at radius 1 is 0.446 bits per heavy atom. The quantitative estimate of drug-likeness (QED) is 0.0294. The average molecular weight is 924 g/mol. The molecule has 0 radical (unpaired) electrons. The predicted molar refractivity (Wildman–Crippen MR) is 247 cm³/mol. The molecule has 0 bridgehead atoms. The van der Waals surface area contributed by atoms with E-state index in [-0.39, 0.29) is 38.5 Å². The number of carboxylic acid groups (broad SMARTS) is 1. The molecule has 1 aromatic heterocycles. The molecule has 0 aliphatic carbocycles. The molecule has 0 aromatic carbocycles. The van der Waals surface area contributed by atoms with E-state index in [0.29, 0.717) is 128 Å². The lowest BCUT2D eigenvalue weighted by molar-refractivity contribution is -0.142. The van der Waals surface area contributed by atoms with Gasteiger partial charge in [0.25, 0.3) is 0 Å². The molecule has 7 atom stereocenters. The van der Waals surface area contributed by atoms with E-state index in [4.69, 9.17) is 40.1 Å². The molecule has 372 valence electrons. The molecule has 0 fully saturated rings. The maximum Gasteiger partial charge on any atom is 0.326 e. The van der Waals surface area contributed by atoms with Gasteiger partial charge in [0.05, 0.1) is 12.4 Å². The van der Waals surface area contributed by atoms with Crippen molar-refractivity contribution in [3.8, 4) is 0 Å². The first-order chi connectivity index (χ1) is 31.3. The van der Waals surface area contributed by atoms with Gasteiger partial charge in [0.15, 0.2) is 0 Å². The van der Waals surface area contributed by atoms with Crippen LogP contribution in [0.3, 0.4) is 0 Å². The first-order valence-corrected chi connectivity index (χ1v) is 23.2. The Morgan fingerprint density at radius 2 is 0.738 bits per heavy atom. The lowest BCUT2D eigenvalue weighted by atomic mass is 10.0. The van der Waals surface area contributed by atoms with Gasteiger partial charge in [-0.15, -0.1) is 0 Å². The number of unbranched alkanes of at least 4 members (excludes halogenated alkanes) is 6. The second kappa shape index (κ2) is 35.5. The van der Waals surface area contributed by atoms with Crippen LogP contribution in [0.4, 0.5) is 0 Å². The van der Waals surface area contributed by atoms with Crippen LogP contribution in [-0.4, -0.2) is 138 Å². The van der Waals surface area contributed by atoms with Crippen LogP contribution < -0.4 is 72.0 Å². The van der Waals surface area contributed by atoms with Crippen molar-refractivity contribution in [2.24, 2.45) is 40.1 Å². The summed E-state index contributed by atoms with van der Waals surface area (Å²) in [7, 11) is 0. The van der Waals surface area contributed by atoms with Crippen LogP contribution in [0.25, 0.3) is 0 Å². The maximum atomic E-state index is 14.2. The van der Waals surface area contributed by atoms with Crippen LogP contribution in [0, 0.1) is 0 Å². The summed E-state index contributed by atoms with van der Waals surface area (Å²) in [6.45, 7) is 2.13. The van der Waals surface area contributed by atoms with Gasteiger partial charge in [-0.3, -0.25) is 28.8 Å². The van der Waals surface area contributed by atoms with Gasteiger partial charge >= 0.3 is 5.97 Å². The largest absolute Gasteiger partial charge is 0.480 e. The Hall–Kier alpha value is -4.78. The molecule has 0 unspecified atom stereocenters. The van der Waals surface area contributed by atoms with Crippen molar-refractivity contribution in [2.45, 2.75) is 164 Å². The van der Waals surface area contributed by atoms with Gasteiger partial charge in [-0.2, -0.15) is 0 Å². The molecule has 0 spiro atoms. The van der Waals surface area contributed by atoms with Gasteiger partial charge in [0, 0.05) is 18.3 Å². The maximum absolute atomic E-state index is 14.2. The molecule has 1 rings (SSSR count). The number of aromatic nitrogens is 2. The van der Waals surface area contributed by atoms with Crippen LogP contribution in [-0.2, 0) is 40.0 Å². The van der Waals surface area contributed by atoms with Crippen molar-refractivity contribution in [1.29, 1.82) is 0 Å². The highest BCUT2D eigenvalue weighted by Gasteiger charge is 2.34. The van der Waals surface area contributed by atoms with Crippen molar-refractivity contribution in [1.82, 2.24) is 41.9 Å². The first kappa shape index (κ1) is 58.2. The fourth-order valence-electron chi connectivity index (χ4n) is 6.90. The lowest BCUT2D eigenvalue weighted by Gasteiger charge is -2.28. The number of aliphatic carboxylic acids is 1. The number of carboxylic acids is 1. The normalized spacial score (nSPS) is 14.4. The summed E-state index contributed by atoms with van der Waals surface area (Å²) < 4.78 is 0. The van der Waals surface area contributed by atoms with E-state index >= 15 is 0 Å². The molecule has 0 saturated heterocycles. The molecular formula is C42H81N15O8. The number of H-pyrrole nitrogens is 1. The van der Waals surface area contributed by atoms with Crippen molar-refractivity contribution >= 4 is 41.4 Å². The zero-order valence-electron chi connectivity index (χ0n) is 38.2. The van der Waals surface area contributed by atoms with E-state index in [9.17, 15) is 38.7 Å². The number of imidazole rings is 1. The third kappa shape index (κ3) is 24.9. The van der Waals surface area contributed by atoms with E-state index in [2.05, 4.69) is 41.9 Å². The summed E-state index contributed by atoms with van der Waals surface area (Å²) >= 11 is 0. The zero-order chi connectivity index (χ0) is 48.4. The number of amides is 6. The van der Waals surface area contributed by atoms with Gasteiger partial charge in [0.1, 0.15) is 36.3 Å². The SMILES string of the molecule is NCCCC[C@H](NC(=O)[C@H](Cc1cnc[nH]1)NC(=O)[C@H](CCCCN)NC(=O)[C@H](CCCCN)NC(=O)[C@H](CCCCN)NC(=O)[C@H](CCCCN)NC(=O)[C@@H](N)CCCCN)C(=O)O. The van der Waals surface area contributed by atoms with Crippen molar-refractivity contribution in [3.63, 3.8) is 0 Å². The summed E-state index contributed by atoms with van der Waals surface area (Å²) in [4.78, 5) is 102. The fourth-order valence-corrected chi connectivity index (χ4v) is 6.90. The van der Waals surface area contributed by atoms with Gasteiger partial charge < -0.3 is 82.1 Å². The highest BCUT2D eigenvalue weighted by Crippen LogP contribution is 2.11. The number of hydrogen-bond acceptors (Lipinski definition) is 15. The summed E-state index contributed by atoms with van der Waals surface area (Å²) in [5.74, 6) is -5.25. The summed E-state index contributed by atoms with van der Waals surface area (Å²) in [5, 5.41) is 26.1. The van der Waals surface area contributed by atoms with Gasteiger partial charge in [0.2, 0.25) is 35.4 Å². The minimum atomic E-state index is -1.28. The summed E-state index contributed by atoms with van der Waals surface area (Å²) in [6, 6.07) is -7.95. The first-order valence-electron chi connectivity index (χ1n) is 23.2. The number of carbonyl (C=O) groups is 7. The van der Waals surface area contributed by atoms with Crippen LogP contribution >= 0.6 is 0 Å². The molecule has 23 nitrogen and oxygen atoms in total. The van der Waals surface area contributed by atoms with Crippen molar-refractivity contribution in [3.05, 3.63) is 18.2 Å². The Morgan fingerprint density at radius 3 is 1.06 bits per heavy atom. The Balaban J connectivity index is 3.42. The molecule has 1 aromatic rings. The van der Waals surface area contributed by atoms with Gasteiger partial charge in [-0.1, -0.05) is 6.42 Å². The molecule has 65 heavy (non-hydrogen) atoms. The molecule has 22 N–H and O–H groups in total. The molecule has 1 heterocycles. The van der Waals surface area contributed by atoms with Crippen molar-refractivity contribution in [2.75, 3.05) is 39.3 Å². The number of nitrogens with zero attached hydrogens (tertiary/aromatic N) is 1. The average Bonchev–Trinajstić information content (AvgIpc) is 3.80. The number of carbonyl (C=O) groups excluding carboxylic acids is 6.